The minimum atomic E-state index is 0.604. The van der Waals surface area contributed by atoms with Gasteiger partial charge in [-0.2, -0.15) is 0 Å². The summed E-state index contributed by atoms with van der Waals surface area (Å²) in [6.45, 7) is 7.66. The number of fused-ring (bicyclic) bond motifs is 1. The summed E-state index contributed by atoms with van der Waals surface area (Å²) < 4.78 is 0. The lowest BCUT2D eigenvalue weighted by molar-refractivity contribution is 0.314. The Morgan fingerprint density at radius 2 is 2.00 bits per heavy atom. The lowest BCUT2D eigenvalue weighted by atomic mass is 9.90. The number of hydrogen-bond acceptors (Lipinski definition) is 5. The van der Waals surface area contributed by atoms with Gasteiger partial charge in [0.05, 0.1) is 0 Å². The third-order valence-corrected chi connectivity index (χ3v) is 4.41. The van der Waals surface area contributed by atoms with Crippen LogP contribution in [0.2, 0.25) is 0 Å². The molecule has 1 N–H and O–H groups in total. The monoisotopic (exact) mass is 285 g/mol. The van der Waals surface area contributed by atoms with E-state index in [2.05, 4.69) is 45.1 Å². The molecule has 3 heterocycles. The summed E-state index contributed by atoms with van der Waals surface area (Å²) in [4.78, 5) is 15.6. The Balaban J connectivity index is 1.68. The molecule has 0 aromatic carbocycles. The summed E-state index contributed by atoms with van der Waals surface area (Å²) in [6.07, 6.45) is 5.84. The van der Waals surface area contributed by atoms with Crippen LogP contribution < -0.4 is 10.2 Å². The van der Waals surface area contributed by atoms with E-state index in [4.69, 9.17) is 0 Å². The zero-order valence-electron chi connectivity index (χ0n) is 12.8. The summed E-state index contributed by atoms with van der Waals surface area (Å²) >= 11 is 0. The molecular formula is C16H23N5. The first-order valence-electron chi connectivity index (χ1n) is 7.84. The summed E-state index contributed by atoms with van der Waals surface area (Å²) in [6, 6.07) is 4.68. The number of nitrogens with zero attached hydrogens (tertiary/aromatic N) is 4. The maximum atomic E-state index is 4.64. The molecule has 3 rings (SSSR count). The van der Waals surface area contributed by atoms with E-state index >= 15 is 0 Å². The summed E-state index contributed by atoms with van der Waals surface area (Å²) in [5.41, 5.74) is 1.59. The van der Waals surface area contributed by atoms with Crippen LogP contribution >= 0.6 is 0 Å². The fraction of sp³-hybridized carbons (Fsp3) is 0.562. The van der Waals surface area contributed by atoms with Gasteiger partial charge in [-0.15, -0.1) is 0 Å². The van der Waals surface area contributed by atoms with Gasteiger partial charge in [-0.3, -0.25) is 4.98 Å². The topological polar surface area (TPSA) is 53.9 Å². The number of hydrogen-bond donors (Lipinski definition) is 1. The van der Waals surface area contributed by atoms with Gasteiger partial charge in [0.2, 0.25) is 0 Å². The third kappa shape index (κ3) is 3.13. The highest BCUT2D eigenvalue weighted by atomic mass is 15.2. The van der Waals surface area contributed by atoms with Crippen molar-refractivity contribution < 1.29 is 0 Å². The molecule has 21 heavy (non-hydrogen) atoms. The SMILES string of the molecule is CCNC(C)C1CCN(c2ccc3nccnc3n2)CC1. The second-order valence-electron chi connectivity index (χ2n) is 5.74. The number of anilines is 1. The molecule has 2 aromatic rings. The van der Waals surface area contributed by atoms with Crippen LogP contribution in [0.25, 0.3) is 11.2 Å². The van der Waals surface area contributed by atoms with Crippen molar-refractivity contribution in [3.8, 4) is 0 Å². The van der Waals surface area contributed by atoms with Gasteiger partial charge in [-0.05, 0) is 44.4 Å². The Hall–Kier alpha value is -1.75. The Morgan fingerprint density at radius 1 is 1.24 bits per heavy atom. The Labute approximate surface area is 125 Å². The van der Waals surface area contributed by atoms with Crippen molar-refractivity contribution in [2.75, 3.05) is 24.5 Å². The number of aromatic nitrogens is 3. The van der Waals surface area contributed by atoms with Gasteiger partial charge in [0.15, 0.2) is 5.65 Å². The zero-order valence-corrected chi connectivity index (χ0v) is 12.8. The summed E-state index contributed by atoms with van der Waals surface area (Å²) in [7, 11) is 0. The van der Waals surface area contributed by atoms with Crippen molar-refractivity contribution in [2.45, 2.75) is 32.7 Å². The largest absolute Gasteiger partial charge is 0.357 e. The summed E-state index contributed by atoms with van der Waals surface area (Å²) in [5.74, 6) is 1.79. The number of nitrogens with one attached hydrogen (secondary N) is 1. The molecule has 5 heteroatoms. The molecule has 0 amide bonds. The Kier molecular flexibility index (Phi) is 4.29. The molecule has 2 aromatic heterocycles. The van der Waals surface area contributed by atoms with Gasteiger partial charge >= 0.3 is 0 Å². The van der Waals surface area contributed by atoms with Gasteiger partial charge in [-0.1, -0.05) is 6.92 Å². The quantitative estimate of drug-likeness (QED) is 0.933. The lowest BCUT2D eigenvalue weighted by Crippen LogP contribution is -2.42. The highest BCUT2D eigenvalue weighted by Gasteiger charge is 2.24. The van der Waals surface area contributed by atoms with Crippen molar-refractivity contribution in [3.05, 3.63) is 24.5 Å². The van der Waals surface area contributed by atoms with Crippen molar-refractivity contribution in [3.63, 3.8) is 0 Å². The van der Waals surface area contributed by atoms with E-state index in [1.807, 2.05) is 6.07 Å². The molecule has 5 nitrogen and oxygen atoms in total. The summed E-state index contributed by atoms with van der Waals surface area (Å²) in [5, 5.41) is 3.54. The van der Waals surface area contributed by atoms with Crippen molar-refractivity contribution in [2.24, 2.45) is 5.92 Å². The number of rotatable bonds is 4. The van der Waals surface area contributed by atoms with Crippen LogP contribution in [-0.2, 0) is 0 Å². The maximum Gasteiger partial charge on any atom is 0.180 e. The third-order valence-electron chi connectivity index (χ3n) is 4.41. The molecule has 1 unspecified atom stereocenters. The lowest BCUT2D eigenvalue weighted by Gasteiger charge is -2.35. The Bertz CT molecular complexity index is 592. The molecule has 1 fully saturated rings. The van der Waals surface area contributed by atoms with Gasteiger partial charge in [-0.25, -0.2) is 9.97 Å². The predicted octanol–water partition coefficient (Wildman–Crippen LogP) is 2.24. The van der Waals surface area contributed by atoms with Crippen LogP contribution in [0.5, 0.6) is 0 Å². The minimum Gasteiger partial charge on any atom is -0.357 e. The average molecular weight is 285 g/mol. The average Bonchev–Trinajstić information content (AvgIpc) is 2.55. The molecule has 1 aliphatic rings. The van der Waals surface area contributed by atoms with Crippen LogP contribution in [0, 0.1) is 5.92 Å². The zero-order chi connectivity index (χ0) is 14.7. The Morgan fingerprint density at radius 3 is 2.76 bits per heavy atom. The fourth-order valence-electron chi connectivity index (χ4n) is 3.14. The minimum absolute atomic E-state index is 0.604. The molecule has 0 radical (unpaired) electrons. The molecule has 0 spiro atoms. The first-order chi connectivity index (χ1) is 10.3. The molecule has 0 aliphatic carbocycles. The highest BCUT2D eigenvalue weighted by molar-refractivity contribution is 5.71. The van der Waals surface area contributed by atoms with Crippen LogP contribution in [0.4, 0.5) is 5.82 Å². The van der Waals surface area contributed by atoms with E-state index in [0.717, 1.165) is 42.5 Å². The van der Waals surface area contributed by atoms with Crippen molar-refractivity contribution >= 4 is 17.0 Å². The standard InChI is InChI=1S/C16H23N5/c1-3-17-12(2)13-6-10-21(11-7-13)15-5-4-14-16(20-15)19-9-8-18-14/h4-5,8-9,12-13,17H,3,6-7,10-11H2,1-2H3. The van der Waals surface area contributed by atoms with E-state index in [0.29, 0.717) is 6.04 Å². The van der Waals surface area contributed by atoms with Gasteiger partial charge in [0.1, 0.15) is 11.3 Å². The van der Waals surface area contributed by atoms with Crippen LogP contribution in [0.1, 0.15) is 26.7 Å². The van der Waals surface area contributed by atoms with E-state index in [1.54, 1.807) is 12.4 Å². The molecular weight excluding hydrogens is 262 g/mol. The van der Waals surface area contributed by atoms with Gasteiger partial charge in [0, 0.05) is 31.5 Å². The smallest absolute Gasteiger partial charge is 0.180 e. The first kappa shape index (κ1) is 14.2. The molecule has 0 bridgehead atoms. The van der Waals surface area contributed by atoms with Gasteiger partial charge in [0.25, 0.3) is 0 Å². The van der Waals surface area contributed by atoms with Crippen LogP contribution in [0.15, 0.2) is 24.5 Å². The normalized spacial score (nSPS) is 18.1. The van der Waals surface area contributed by atoms with E-state index in [-0.39, 0.29) is 0 Å². The second-order valence-corrected chi connectivity index (χ2v) is 5.74. The molecule has 1 atom stereocenters. The van der Waals surface area contributed by atoms with Crippen molar-refractivity contribution in [1.29, 1.82) is 0 Å². The van der Waals surface area contributed by atoms with Crippen molar-refractivity contribution in [1.82, 2.24) is 20.3 Å². The van der Waals surface area contributed by atoms with E-state index < -0.39 is 0 Å². The predicted molar refractivity (Wildman–Crippen MR) is 85.4 cm³/mol. The fourth-order valence-corrected chi connectivity index (χ4v) is 3.14. The van der Waals surface area contributed by atoms with Crippen LogP contribution in [0.3, 0.4) is 0 Å². The second kappa shape index (κ2) is 6.35. The van der Waals surface area contributed by atoms with Crippen LogP contribution in [-0.4, -0.2) is 40.6 Å². The highest BCUT2D eigenvalue weighted by Crippen LogP contribution is 2.24. The molecule has 112 valence electrons. The molecule has 1 aliphatic heterocycles. The molecule has 1 saturated heterocycles. The first-order valence-corrected chi connectivity index (χ1v) is 7.84. The van der Waals surface area contributed by atoms with Gasteiger partial charge < -0.3 is 10.2 Å². The number of piperidine rings is 1. The maximum absolute atomic E-state index is 4.64. The van der Waals surface area contributed by atoms with E-state index in [9.17, 15) is 0 Å². The van der Waals surface area contributed by atoms with E-state index in [1.165, 1.54) is 12.8 Å². The number of pyridine rings is 1. The molecule has 0 saturated carbocycles.